The number of aliphatic hydroxyl groups excluding tert-OH is 2. The number of amides is 1. The molecule has 3 aromatic carbocycles. The lowest BCUT2D eigenvalue weighted by Crippen LogP contribution is -2.51. The first-order chi connectivity index (χ1) is 16.1. The molecule has 33 heavy (non-hydrogen) atoms. The van der Waals surface area contributed by atoms with E-state index in [4.69, 9.17) is 0 Å². The molecule has 0 radical (unpaired) electrons. The Hall–Kier alpha value is -3.74. The van der Waals surface area contributed by atoms with Crippen molar-refractivity contribution in [2.24, 2.45) is 5.92 Å². The summed E-state index contributed by atoms with van der Waals surface area (Å²) in [4.78, 5) is 27.3. The first-order valence-electron chi connectivity index (χ1n) is 10.9. The van der Waals surface area contributed by atoms with Crippen LogP contribution in [0.4, 0.5) is 5.69 Å². The standard InChI is InChI=1S/C27H24N2O4/c30-16-21-24(18-11-5-2-6-12-18)25(23(32)15-22(31)17-9-3-1-4-10-17)27(29-21)19-13-7-8-14-20(19)28-26(27)33/h1-15,21,24-25,29-31H,16H2,(H,28,33)/b22-15-/t21-,24-,25+,27+/m1/s1. The van der Waals surface area contributed by atoms with Crippen LogP contribution in [-0.2, 0) is 15.1 Å². The predicted octanol–water partition coefficient (Wildman–Crippen LogP) is 3.37. The predicted molar refractivity (Wildman–Crippen MR) is 125 cm³/mol. The van der Waals surface area contributed by atoms with E-state index in [1.165, 1.54) is 6.08 Å². The fourth-order valence-corrected chi connectivity index (χ4v) is 5.27. The van der Waals surface area contributed by atoms with Crippen LogP contribution in [0.2, 0.25) is 0 Å². The molecule has 6 nitrogen and oxygen atoms in total. The molecule has 4 N–H and O–H groups in total. The molecule has 6 heteroatoms. The number of rotatable bonds is 5. The third kappa shape index (κ3) is 3.35. The number of benzene rings is 3. The third-order valence-corrected chi connectivity index (χ3v) is 6.67. The number of allylic oxidation sites excluding steroid dienone is 1. The van der Waals surface area contributed by atoms with Gasteiger partial charge in [0.15, 0.2) is 5.78 Å². The van der Waals surface area contributed by atoms with Crippen LogP contribution in [0.1, 0.15) is 22.6 Å². The number of aliphatic hydroxyl groups is 2. The lowest BCUT2D eigenvalue weighted by molar-refractivity contribution is -0.129. The van der Waals surface area contributed by atoms with Gasteiger partial charge in [-0.3, -0.25) is 14.9 Å². The van der Waals surface area contributed by atoms with Gasteiger partial charge in [0.1, 0.15) is 11.3 Å². The van der Waals surface area contributed by atoms with Crippen LogP contribution in [0.5, 0.6) is 0 Å². The average molecular weight is 440 g/mol. The minimum atomic E-state index is -1.37. The fraction of sp³-hybridized carbons (Fsp3) is 0.185. The summed E-state index contributed by atoms with van der Waals surface area (Å²) in [6.07, 6.45) is 1.20. The van der Waals surface area contributed by atoms with E-state index in [9.17, 15) is 19.8 Å². The van der Waals surface area contributed by atoms with Gasteiger partial charge in [0.25, 0.3) is 0 Å². The van der Waals surface area contributed by atoms with Crippen molar-refractivity contribution in [3.8, 4) is 0 Å². The molecule has 166 valence electrons. The summed E-state index contributed by atoms with van der Waals surface area (Å²) in [5, 5.41) is 27.2. The van der Waals surface area contributed by atoms with Crippen LogP contribution in [0.3, 0.4) is 0 Å². The molecule has 5 rings (SSSR count). The van der Waals surface area contributed by atoms with Crippen molar-refractivity contribution in [1.29, 1.82) is 0 Å². The third-order valence-electron chi connectivity index (χ3n) is 6.67. The van der Waals surface area contributed by atoms with Crippen molar-refractivity contribution >= 4 is 23.1 Å². The van der Waals surface area contributed by atoms with E-state index in [2.05, 4.69) is 10.6 Å². The molecule has 3 aromatic rings. The lowest BCUT2D eigenvalue weighted by atomic mass is 9.70. The van der Waals surface area contributed by atoms with E-state index in [0.717, 1.165) is 5.56 Å². The summed E-state index contributed by atoms with van der Waals surface area (Å²) in [6, 6.07) is 24.9. The summed E-state index contributed by atoms with van der Waals surface area (Å²) in [6.45, 7) is -0.255. The number of para-hydroxylation sites is 1. The highest BCUT2D eigenvalue weighted by molar-refractivity contribution is 6.12. The highest BCUT2D eigenvalue weighted by Gasteiger charge is 2.63. The van der Waals surface area contributed by atoms with E-state index in [1.807, 2.05) is 54.6 Å². The first-order valence-corrected chi connectivity index (χ1v) is 10.9. The number of hydrogen-bond acceptors (Lipinski definition) is 5. The maximum absolute atomic E-state index is 13.9. The average Bonchev–Trinajstić information content (AvgIpc) is 3.35. The highest BCUT2D eigenvalue weighted by Crippen LogP contribution is 2.52. The fourth-order valence-electron chi connectivity index (χ4n) is 5.27. The van der Waals surface area contributed by atoms with Gasteiger partial charge in [0.2, 0.25) is 5.91 Å². The Balaban J connectivity index is 1.68. The number of fused-ring (bicyclic) bond motifs is 2. The number of anilines is 1. The number of hydrogen-bond donors (Lipinski definition) is 4. The van der Waals surface area contributed by atoms with Gasteiger partial charge in [-0.1, -0.05) is 78.9 Å². The van der Waals surface area contributed by atoms with Gasteiger partial charge in [-0.25, -0.2) is 0 Å². The van der Waals surface area contributed by atoms with Crippen LogP contribution in [0, 0.1) is 5.92 Å². The zero-order valence-corrected chi connectivity index (χ0v) is 17.8. The number of carbonyl (C=O) groups is 2. The molecule has 0 unspecified atom stereocenters. The zero-order valence-electron chi connectivity index (χ0n) is 17.8. The van der Waals surface area contributed by atoms with Crippen LogP contribution < -0.4 is 10.6 Å². The normalized spacial score (nSPS) is 26.3. The molecule has 0 bridgehead atoms. The smallest absolute Gasteiger partial charge is 0.250 e. The van der Waals surface area contributed by atoms with Crippen molar-refractivity contribution < 1.29 is 19.8 Å². The lowest BCUT2D eigenvalue weighted by Gasteiger charge is -2.30. The summed E-state index contributed by atoms with van der Waals surface area (Å²) in [7, 11) is 0. The quantitative estimate of drug-likeness (QED) is 0.360. The molecule has 1 fully saturated rings. The Bertz CT molecular complexity index is 1230. The van der Waals surface area contributed by atoms with Crippen molar-refractivity contribution in [2.75, 3.05) is 11.9 Å². The molecule has 2 aliphatic rings. The van der Waals surface area contributed by atoms with Crippen molar-refractivity contribution in [3.05, 3.63) is 108 Å². The largest absolute Gasteiger partial charge is 0.507 e. The SMILES string of the molecule is O=C(/C=C(\O)c1ccccc1)[C@H]1[C@H](c2ccccc2)[C@@H](CO)N[C@]12C(=O)Nc1ccccc12. The number of nitrogens with one attached hydrogen (secondary N) is 2. The minimum Gasteiger partial charge on any atom is -0.507 e. The van der Waals surface area contributed by atoms with E-state index in [1.54, 1.807) is 30.3 Å². The first kappa shape index (κ1) is 21.1. The molecule has 1 spiro atoms. The van der Waals surface area contributed by atoms with Gasteiger partial charge in [0, 0.05) is 34.9 Å². The topological polar surface area (TPSA) is 98.7 Å². The Kier molecular flexibility index (Phi) is 5.32. The van der Waals surface area contributed by atoms with Crippen molar-refractivity contribution in [1.82, 2.24) is 5.32 Å². The minimum absolute atomic E-state index is 0.165. The molecule has 4 atom stereocenters. The van der Waals surface area contributed by atoms with Gasteiger partial charge in [-0.05, 0) is 11.6 Å². The van der Waals surface area contributed by atoms with Crippen LogP contribution >= 0.6 is 0 Å². The maximum atomic E-state index is 13.9. The van der Waals surface area contributed by atoms with Crippen molar-refractivity contribution in [2.45, 2.75) is 17.5 Å². The summed E-state index contributed by atoms with van der Waals surface area (Å²) in [5.74, 6) is -2.26. The van der Waals surface area contributed by atoms with Crippen LogP contribution in [0.15, 0.2) is 91.0 Å². The highest BCUT2D eigenvalue weighted by atomic mass is 16.3. The van der Waals surface area contributed by atoms with Crippen LogP contribution in [0.25, 0.3) is 5.76 Å². The molecular weight excluding hydrogens is 416 g/mol. The Morgan fingerprint density at radius 2 is 1.58 bits per heavy atom. The van der Waals surface area contributed by atoms with E-state index in [0.29, 0.717) is 16.8 Å². The summed E-state index contributed by atoms with van der Waals surface area (Å²) >= 11 is 0. The second-order valence-electron chi connectivity index (χ2n) is 8.45. The molecule has 1 saturated heterocycles. The molecule has 2 heterocycles. The molecule has 0 saturated carbocycles. The molecule has 0 aromatic heterocycles. The second kappa shape index (κ2) is 8.31. The number of ketones is 1. The summed E-state index contributed by atoms with van der Waals surface area (Å²) < 4.78 is 0. The van der Waals surface area contributed by atoms with Gasteiger partial charge in [-0.15, -0.1) is 0 Å². The zero-order chi connectivity index (χ0) is 23.0. The monoisotopic (exact) mass is 440 g/mol. The Labute approximate surface area is 191 Å². The van der Waals surface area contributed by atoms with Gasteiger partial charge < -0.3 is 15.5 Å². The van der Waals surface area contributed by atoms with E-state index >= 15 is 0 Å². The Morgan fingerprint density at radius 3 is 2.27 bits per heavy atom. The van der Waals surface area contributed by atoms with Crippen molar-refractivity contribution in [3.63, 3.8) is 0 Å². The maximum Gasteiger partial charge on any atom is 0.250 e. The van der Waals surface area contributed by atoms with Gasteiger partial charge in [-0.2, -0.15) is 0 Å². The second-order valence-corrected chi connectivity index (χ2v) is 8.45. The van der Waals surface area contributed by atoms with Gasteiger partial charge in [0.05, 0.1) is 12.5 Å². The van der Waals surface area contributed by atoms with E-state index in [-0.39, 0.29) is 24.1 Å². The summed E-state index contributed by atoms with van der Waals surface area (Å²) in [5.41, 5.74) is 1.28. The number of carbonyl (C=O) groups excluding carboxylic acids is 2. The molecule has 2 aliphatic heterocycles. The molecule has 1 amide bonds. The van der Waals surface area contributed by atoms with Crippen LogP contribution in [-0.4, -0.2) is 34.6 Å². The Morgan fingerprint density at radius 1 is 0.939 bits per heavy atom. The molecule has 0 aliphatic carbocycles. The molecular formula is C27H24N2O4. The van der Waals surface area contributed by atoms with E-state index < -0.39 is 23.4 Å². The van der Waals surface area contributed by atoms with Gasteiger partial charge >= 0.3 is 0 Å².